The van der Waals surface area contributed by atoms with Crippen LogP contribution in [0.2, 0.25) is 5.02 Å². The van der Waals surface area contributed by atoms with Crippen molar-refractivity contribution in [3.63, 3.8) is 0 Å². The van der Waals surface area contributed by atoms with E-state index in [2.05, 4.69) is 10.3 Å². The molecule has 1 heterocycles. The number of aliphatic hydroxyl groups excluding tert-OH is 1. The van der Waals surface area contributed by atoms with Crippen molar-refractivity contribution in [1.29, 1.82) is 0 Å². The minimum atomic E-state index is -3.46. The van der Waals surface area contributed by atoms with Gasteiger partial charge in [0.25, 0.3) is 5.91 Å². The molecule has 6 nitrogen and oxygen atoms in total. The van der Waals surface area contributed by atoms with E-state index in [1.807, 2.05) is 0 Å². The molecule has 0 aliphatic heterocycles. The van der Waals surface area contributed by atoms with E-state index in [0.717, 1.165) is 5.56 Å². The van der Waals surface area contributed by atoms with Crippen LogP contribution in [0.25, 0.3) is 0 Å². The van der Waals surface area contributed by atoms with Gasteiger partial charge >= 0.3 is 0 Å². The lowest BCUT2D eigenvalue weighted by Crippen LogP contribution is -2.23. The third-order valence-corrected chi connectivity index (χ3v) is 4.92. The van der Waals surface area contributed by atoms with Crippen LogP contribution in [-0.4, -0.2) is 36.8 Å². The first-order chi connectivity index (χ1) is 10.4. The Morgan fingerprint density at radius 3 is 2.50 bits per heavy atom. The third kappa shape index (κ3) is 4.09. The molecule has 0 atom stereocenters. The maximum atomic E-state index is 11.8. The summed E-state index contributed by atoms with van der Waals surface area (Å²) in [5.74, 6) is -0.611. The molecule has 2 rings (SSSR count). The van der Waals surface area contributed by atoms with Gasteiger partial charge in [0.15, 0.2) is 9.84 Å². The Hall–Kier alpha value is -1.83. The summed E-state index contributed by atoms with van der Waals surface area (Å²) in [5, 5.41) is 11.9. The molecule has 0 spiro atoms. The molecule has 0 bridgehead atoms. The number of aromatic amines is 1. The molecule has 1 aromatic heterocycles. The van der Waals surface area contributed by atoms with Crippen LogP contribution in [0.1, 0.15) is 16.1 Å². The molecule has 0 saturated heterocycles. The number of hydrogen-bond donors (Lipinski definition) is 3. The van der Waals surface area contributed by atoms with E-state index in [9.17, 15) is 13.2 Å². The number of carbonyl (C=O) groups is 1. The smallest absolute Gasteiger partial charge is 0.268 e. The lowest BCUT2D eigenvalue weighted by atomic mass is 10.2. The second-order valence-corrected chi connectivity index (χ2v) is 7.15. The molecule has 2 aromatic rings. The molecule has 118 valence electrons. The van der Waals surface area contributed by atoms with Crippen LogP contribution in [0.3, 0.4) is 0 Å². The number of halogens is 1. The normalized spacial score (nSPS) is 11.4. The number of hydrogen-bond acceptors (Lipinski definition) is 4. The van der Waals surface area contributed by atoms with Gasteiger partial charge in [0, 0.05) is 12.7 Å². The summed E-state index contributed by atoms with van der Waals surface area (Å²) in [7, 11) is -3.46. The molecule has 3 N–H and O–H groups in total. The number of benzene rings is 1. The van der Waals surface area contributed by atoms with Gasteiger partial charge in [-0.05, 0) is 23.8 Å². The van der Waals surface area contributed by atoms with E-state index in [0.29, 0.717) is 10.7 Å². The Labute approximate surface area is 133 Å². The second-order valence-electron chi connectivity index (χ2n) is 4.60. The fraction of sp³-hybridized carbons (Fsp3) is 0.214. The highest BCUT2D eigenvalue weighted by atomic mass is 35.5. The number of sulfone groups is 1. The second kappa shape index (κ2) is 6.95. The van der Waals surface area contributed by atoms with E-state index in [1.54, 1.807) is 12.1 Å². The standard InChI is InChI=1S/C14H15ClN2O4S/c15-11-7-13(16-9-11)14(19)17-8-10-1-3-12(4-2-10)22(20,21)6-5-18/h1-4,7,9,16,18H,5-6,8H2,(H,17,19). The van der Waals surface area contributed by atoms with Gasteiger partial charge in [-0.15, -0.1) is 0 Å². The van der Waals surface area contributed by atoms with Crippen molar-refractivity contribution >= 4 is 27.3 Å². The van der Waals surface area contributed by atoms with Crippen LogP contribution in [0, 0.1) is 0 Å². The highest BCUT2D eigenvalue weighted by molar-refractivity contribution is 7.91. The highest BCUT2D eigenvalue weighted by Gasteiger charge is 2.13. The van der Waals surface area contributed by atoms with Crippen molar-refractivity contribution in [2.24, 2.45) is 0 Å². The van der Waals surface area contributed by atoms with Crippen LogP contribution in [0.5, 0.6) is 0 Å². The van der Waals surface area contributed by atoms with Crippen LogP contribution in [-0.2, 0) is 16.4 Å². The molecule has 0 radical (unpaired) electrons. The van der Waals surface area contributed by atoms with Crippen LogP contribution in [0.4, 0.5) is 0 Å². The number of rotatable bonds is 6. The van der Waals surface area contributed by atoms with Gasteiger partial charge in [0.2, 0.25) is 0 Å². The molecule has 1 aromatic carbocycles. The molecule has 8 heteroatoms. The molecule has 0 aliphatic rings. The molecule has 0 saturated carbocycles. The molecule has 22 heavy (non-hydrogen) atoms. The third-order valence-electron chi connectivity index (χ3n) is 2.99. The lowest BCUT2D eigenvalue weighted by Gasteiger charge is -2.06. The molecule has 0 aliphatic carbocycles. The van der Waals surface area contributed by atoms with Gasteiger partial charge in [-0.1, -0.05) is 23.7 Å². The first-order valence-electron chi connectivity index (χ1n) is 6.47. The minimum Gasteiger partial charge on any atom is -0.395 e. The van der Waals surface area contributed by atoms with Crippen molar-refractivity contribution in [1.82, 2.24) is 10.3 Å². The summed E-state index contributed by atoms with van der Waals surface area (Å²) in [6, 6.07) is 7.66. The summed E-state index contributed by atoms with van der Waals surface area (Å²) in [4.78, 5) is 14.7. The van der Waals surface area contributed by atoms with E-state index in [4.69, 9.17) is 16.7 Å². The monoisotopic (exact) mass is 342 g/mol. The Kier molecular flexibility index (Phi) is 5.23. The van der Waals surface area contributed by atoms with Gasteiger partial charge in [-0.3, -0.25) is 4.79 Å². The minimum absolute atomic E-state index is 0.146. The predicted octanol–water partition coefficient (Wildman–Crippen LogP) is 1.36. The fourth-order valence-corrected chi connectivity index (χ4v) is 3.02. The van der Waals surface area contributed by atoms with Crippen molar-refractivity contribution in [3.05, 3.63) is 52.8 Å². The molecular formula is C14H15ClN2O4S. The summed E-state index contributed by atoms with van der Waals surface area (Å²) < 4.78 is 23.5. The first-order valence-corrected chi connectivity index (χ1v) is 8.50. The number of H-pyrrole nitrogens is 1. The molecule has 0 fully saturated rings. The van der Waals surface area contributed by atoms with Crippen molar-refractivity contribution in [2.45, 2.75) is 11.4 Å². The summed E-state index contributed by atoms with van der Waals surface area (Å²) in [5.41, 5.74) is 1.11. The number of aromatic nitrogens is 1. The first kappa shape index (κ1) is 16.5. The number of amides is 1. The quantitative estimate of drug-likeness (QED) is 0.738. The number of carbonyl (C=O) groups excluding carboxylic acids is 1. The zero-order valence-corrected chi connectivity index (χ0v) is 13.1. The topological polar surface area (TPSA) is 99.3 Å². The van der Waals surface area contributed by atoms with E-state index in [1.165, 1.54) is 24.4 Å². The number of nitrogens with one attached hydrogen (secondary N) is 2. The SMILES string of the molecule is O=C(NCc1ccc(S(=O)(=O)CCO)cc1)c1cc(Cl)c[nH]1. The average Bonchev–Trinajstić information content (AvgIpc) is 2.92. The summed E-state index contributed by atoms with van der Waals surface area (Å²) in [6.07, 6.45) is 1.51. The van der Waals surface area contributed by atoms with Gasteiger partial charge in [-0.25, -0.2) is 8.42 Å². The van der Waals surface area contributed by atoms with E-state index >= 15 is 0 Å². The number of aliphatic hydroxyl groups is 1. The Morgan fingerprint density at radius 2 is 1.95 bits per heavy atom. The van der Waals surface area contributed by atoms with Crippen LogP contribution >= 0.6 is 11.6 Å². The maximum absolute atomic E-state index is 11.8. The van der Waals surface area contributed by atoms with E-state index < -0.39 is 16.4 Å². The average molecular weight is 343 g/mol. The molecular weight excluding hydrogens is 328 g/mol. The molecule has 0 unspecified atom stereocenters. The summed E-state index contributed by atoms with van der Waals surface area (Å²) >= 11 is 5.72. The Balaban J connectivity index is 1.98. The maximum Gasteiger partial charge on any atom is 0.268 e. The Morgan fingerprint density at radius 1 is 1.27 bits per heavy atom. The van der Waals surface area contributed by atoms with Gasteiger partial charge in [0.05, 0.1) is 22.3 Å². The predicted molar refractivity (Wildman–Crippen MR) is 82.6 cm³/mol. The van der Waals surface area contributed by atoms with Gasteiger partial charge < -0.3 is 15.4 Å². The van der Waals surface area contributed by atoms with Gasteiger partial charge in [-0.2, -0.15) is 0 Å². The van der Waals surface area contributed by atoms with Crippen molar-refractivity contribution in [3.8, 4) is 0 Å². The van der Waals surface area contributed by atoms with Crippen molar-refractivity contribution < 1.29 is 18.3 Å². The van der Waals surface area contributed by atoms with Gasteiger partial charge in [0.1, 0.15) is 5.69 Å². The van der Waals surface area contributed by atoms with E-state index in [-0.39, 0.29) is 23.1 Å². The fourth-order valence-electron chi connectivity index (χ4n) is 1.83. The Bertz CT molecular complexity index is 753. The van der Waals surface area contributed by atoms with Crippen molar-refractivity contribution in [2.75, 3.05) is 12.4 Å². The van der Waals surface area contributed by atoms with Crippen LogP contribution < -0.4 is 5.32 Å². The summed E-state index contributed by atoms with van der Waals surface area (Å²) in [6.45, 7) is -0.158. The highest BCUT2D eigenvalue weighted by Crippen LogP contribution is 2.13. The lowest BCUT2D eigenvalue weighted by molar-refractivity contribution is 0.0946. The largest absolute Gasteiger partial charge is 0.395 e. The van der Waals surface area contributed by atoms with Crippen LogP contribution in [0.15, 0.2) is 41.4 Å². The zero-order valence-electron chi connectivity index (χ0n) is 11.5. The molecule has 1 amide bonds. The zero-order chi connectivity index (χ0) is 16.2.